The summed E-state index contributed by atoms with van der Waals surface area (Å²) in [6.07, 6.45) is -2.04. The molecule has 2 heterocycles. The van der Waals surface area contributed by atoms with Crippen molar-refractivity contribution in [1.82, 2.24) is 9.97 Å². The lowest BCUT2D eigenvalue weighted by atomic mass is 10.0. The molecule has 2 aromatic heterocycles. The molecule has 0 atom stereocenters. The Morgan fingerprint density at radius 3 is 2.79 bits per heavy atom. The lowest BCUT2D eigenvalue weighted by Gasteiger charge is -2.18. The van der Waals surface area contributed by atoms with E-state index in [1.165, 1.54) is 17.6 Å². The highest BCUT2D eigenvalue weighted by Gasteiger charge is 2.32. The molecule has 7 nitrogen and oxygen atoms in total. The third-order valence-electron chi connectivity index (χ3n) is 4.37. The summed E-state index contributed by atoms with van der Waals surface area (Å²) in [4.78, 5) is 21.5. The molecule has 0 fully saturated rings. The fraction of sp³-hybridized carbons (Fsp3) is 0.273. The Labute approximate surface area is 192 Å². The zero-order valence-electron chi connectivity index (χ0n) is 18.2. The van der Waals surface area contributed by atoms with Crippen LogP contribution in [0.3, 0.4) is 0 Å². The minimum absolute atomic E-state index is 0.0804. The van der Waals surface area contributed by atoms with Crippen LogP contribution < -0.4 is 10.3 Å². The summed E-state index contributed by atoms with van der Waals surface area (Å²) in [6, 6.07) is 8.05. The Morgan fingerprint density at radius 1 is 1.30 bits per heavy atom. The number of carbonyl (C=O) groups is 1. The Balaban J connectivity index is 1.77. The van der Waals surface area contributed by atoms with Gasteiger partial charge in [0.2, 0.25) is 5.13 Å². The van der Waals surface area contributed by atoms with Crippen LogP contribution in [-0.4, -0.2) is 42.9 Å². The molecule has 0 aliphatic rings. The van der Waals surface area contributed by atoms with Gasteiger partial charge in [-0.3, -0.25) is 10.2 Å². The molecule has 1 N–H and O–H groups in total. The maximum absolute atomic E-state index is 13.2. The van der Waals surface area contributed by atoms with E-state index in [1.54, 1.807) is 55.6 Å². The van der Waals surface area contributed by atoms with Gasteiger partial charge in [0, 0.05) is 31.2 Å². The van der Waals surface area contributed by atoms with Crippen molar-refractivity contribution < 1.29 is 22.7 Å². The van der Waals surface area contributed by atoms with Gasteiger partial charge in [-0.25, -0.2) is 9.97 Å². The van der Waals surface area contributed by atoms with Crippen molar-refractivity contribution in [2.24, 2.45) is 5.10 Å². The maximum atomic E-state index is 13.2. The summed E-state index contributed by atoms with van der Waals surface area (Å²) in [6.45, 7) is 2.05. The number of rotatable bonds is 8. The van der Waals surface area contributed by atoms with Crippen LogP contribution >= 0.6 is 11.3 Å². The Bertz CT molecular complexity index is 1150. The highest BCUT2D eigenvalue weighted by Crippen LogP contribution is 2.35. The number of ether oxygens (including phenoxy) is 1. The van der Waals surface area contributed by atoms with E-state index in [-0.39, 0.29) is 12.4 Å². The summed E-state index contributed by atoms with van der Waals surface area (Å²) in [5.74, 6) is 0.0722. The first-order chi connectivity index (χ1) is 15.7. The van der Waals surface area contributed by atoms with Gasteiger partial charge in [0.05, 0.1) is 30.5 Å². The lowest BCUT2D eigenvalue weighted by Crippen LogP contribution is -2.14. The molecule has 1 aromatic carbocycles. The van der Waals surface area contributed by atoms with Crippen LogP contribution in [0.5, 0.6) is 0 Å². The minimum atomic E-state index is -4.49. The van der Waals surface area contributed by atoms with Crippen LogP contribution in [0.2, 0.25) is 0 Å². The van der Waals surface area contributed by atoms with Gasteiger partial charge in [-0.2, -0.15) is 18.3 Å². The van der Waals surface area contributed by atoms with Crippen molar-refractivity contribution in [1.29, 1.82) is 0 Å². The number of anilines is 2. The normalized spacial score (nSPS) is 11.6. The Kier molecular flexibility index (Phi) is 7.64. The average molecular weight is 478 g/mol. The number of benzene rings is 1. The van der Waals surface area contributed by atoms with E-state index in [1.807, 2.05) is 0 Å². The number of thiazole rings is 1. The van der Waals surface area contributed by atoms with E-state index in [2.05, 4.69) is 20.5 Å². The number of hydrogen-bond donors (Lipinski definition) is 1. The summed E-state index contributed by atoms with van der Waals surface area (Å²) in [5.41, 5.74) is 4.16. The second-order valence-electron chi connectivity index (χ2n) is 7.11. The molecule has 33 heavy (non-hydrogen) atoms. The molecule has 3 aromatic rings. The second kappa shape index (κ2) is 10.4. The highest BCUT2D eigenvalue weighted by atomic mass is 32.1. The van der Waals surface area contributed by atoms with Crippen molar-refractivity contribution >= 4 is 34.5 Å². The molecular formula is C22H22F3N5O2S. The number of carbonyl (C=O) groups excluding carboxylic acids is 1. The van der Waals surface area contributed by atoms with Crippen molar-refractivity contribution in [2.75, 3.05) is 31.0 Å². The smallest absolute Gasteiger partial charge is 0.417 e. The number of halogens is 3. The van der Waals surface area contributed by atoms with Gasteiger partial charge in [0.1, 0.15) is 5.82 Å². The zero-order chi connectivity index (χ0) is 24.0. The second-order valence-corrected chi connectivity index (χ2v) is 7.97. The van der Waals surface area contributed by atoms with Crippen molar-refractivity contribution in [3.05, 3.63) is 58.7 Å². The molecule has 11 heteroatoms. The monoisotopic (exact) mass is 477 g/mol. The number of hydrogen-bond acceptors (Lipinski definition) is 8. The number of aromatic nitrogens is 2. The van der Waals surface area contributed by atoms with Gasteiger partial charge >= 0.3 is 12.1 Å². The van der Waals surface area contributed by atoms with Crippen molar-refractivity contribution in [2.45, 2.75) is 19.5 Å². The van der Waals surface area contributed by atoms with E-state index >= 15 is 0 Å². The first-order valence-corrected chi connectivity index (χ1v) is 10.8. The van der Waals surface area contributed by atoms with E-state index in [0.717, 1.165) is 12.3 Å². The van der Waals surface area contributed by atoms with Crippen LogP contribution in [-0.2, 0) is 22.1 Å². The molecular weight excluding hydrogens is 455 g/mol. The lowest BCUT2D eigenvalue weighted by molar-refractivity contribution is -0.142. The van der Waals surface area contributed by atoms with Crippen molar-refractivity contribution in [3.8, 4) is 11.1 Å². The van der Waals surface area contributed by atoms with E-state index in [0.29, 0.717) is 39.9 Å². The van der Waals surface area contributed by atoms with Gasteiger partial charge in [-0.15, -0.1) is 11.3 Å². The molecule has 0 aliphatic carbocycles. The third-order valence-corrected chi connectivity index (χ3v) is 5.17. The molecule has 0 saturated heterocycles. The largest absolute Gasteiger partial charge is 0.466 e. The number of nitrogens with zero attached hydrogens (tertiary/aromatic N) is 4. The van der Waals surface area contributed by atoms with Crippen LogP contribution in [0.25, 0.3) is 11.1 Å². The standard InChI is InChI=1S/C22H22F3N5O2S/c1-4-32-19(31)10-17-13-33-21(28-17)29-27-11-14-6-5-7-15(8-14)18-9-16(22(23,24)25)12-26-20(18)30(2)3/h5-9,11-13H,4,10H2,1-3H3,(H,28,29). The zero-order valence-corrected chi connectivity index (χ0v) is 19.0. The van der Waals surface area contributed by atoms with Gasteiger partial charge in [-0.05, 0) is 30.2 Å². The summed E-state index contributed by atoms with van der Waals surface area (Å²) >= 11 is 1.29. The molecule has 3 rings (SSSR count). The van der Waals surface area contributed by atoms with Crippen molar-refractivity contribution in [3.63, 3.8) is 0 Å². The first-order valence-electron chi connectivity index (χ1n) is 9.91. The minimum Gasteiger partial charge on any atom is -0.466 e. The maximum Gasteiger partial charge on any atom is 0.417 e. The van der Waals surface area contributed by atoms with E-state index < -0.39 is 11.7 Å². The fourth-order valence-corrected chi connectivity index (χ4v) is 3.59. The fourth-order valence-electron chi connectivity index (χ4n) is 2.93. The molecule has 0 saturated carbocycles. The van der Waals surface area contributed by atoms with Crippen LogP contribution in [0.4, 0.5) is 24.1 Å². The summed E-state index contributed by atoms with van der Waals surface area (Å²) in [7, 11) is 3.44. The summed E-state index contributed by atoms with van der Waals surface area (Å²) in [5, 5.41) is 6.37. The van der Waals surface area contributed by atoms with E-state index in [4.69, 9.17) is 4.74 Å². The van der Waals surface area contributed by atoms with Gasteiger partial charge in [0.15, 0.2) is 0 Å². The Hall–Kier alpha value is -3.47. The Morgan fingerprint density at radius 2 is 2.09 bits per heavy atom. The highest BCUT2D eigenvalue weighted by molar-refractivity contribution is 7.13. The first kappa shape index (κ1) is 24.2. The molecule has 0 amide bonds. The predicted octanol–water partition coefficient (Wildman–Crippen LogP) is 4.84. The number of pyridine rings is 1. The van der Waals surface area contributed by atoms with Crippen LogP contribution in [0, 0.1) is 0 Å². The third kappa shape index (κ3) is 6.51. The number of alkyl halides is 3. The van der Waals surface area contributed by atoms with Crippen LogP contribution in [0.15, 0.2) is 47.0 Å². The van der Waals surface area contributed by atoms with Crippen LogP contribution in [0.1, 0.15) is 23.7 Å². The van der Waals surface area contributed by atoms with Gasteiger partial charge in [-0.1, -0.05) is 18.2 Å². The predicted molar refractivity (Wildman–Crippen MR) is 123 cm³/mol. The average Bonchev–Trinajstić information content (AvgIpc) is 3.20. The molecule has 0 spiro atoms. The number of hydrazone groups is 1. The van der Waals surface area contributed by atoms with Gasteiger partial charge < -0.3 is 9.64 Å². The summed E-state index contributed by atoms with van der Waals surface area (Å²) < 4.78 is 44.6. The quantitative estimate of drug-likeness (QED) is 0.284. The molecule has 0 radical (unpaired) electrons. The van der Waals surface area contributed by atoms with E-state index in [9.17, 15) is 18.0 Å². The molecule has 0 bridgehead atoms. The molecule has 174 valence electrons. The SMILES string of the molecule is CCOC(=O)Cc1csc(NN=Cc2cccc(-c3cc(C(F)(F)F)cnc3N(C)C)c2)n1. The number of esters is 1. The van der Waals surface area contributed by atoms with Gasteiger partial charge in [0.25, 0.3) is 0 Å². The molecule has 0 aliphatic heterocycles. The topological polar surface area (TPSA) is 79.7 Å². The molecule has 0 unspecified atom stereocenters. The number of nitrogens with one attached hydrogen (secondary N) is 1.